The fourth-order valence-corrected chi connectivity index (χ4v) is 2.51. The molecule has 5 nitrogen and oxygen atoms in total. The summed E-state index contributed by atoms with van der Waals surface area (Å²) >= 11 is 0. The molecule has 0 bridgehead atoms. The third-order valence-electron chi connectivity index (χ3n) is 3.83. The van der Waals surface area contributed by atoms with Gasteiger partial charge in [0.15, 0.2) is 0 Å². The quantitative estimate of drug-likeness (QED) is 0.834. The number of carbonyl (C=O) groups excluding carboxylic acids is 2. The van der Waals surface area contributed by atoms with E-state index >= 15 is 0 Å². The van der Waals surface area contributed by atoms with Crippen LogP contribution in [0, 0.1) is 5.41 Å². The summed E-state index contributed by atoms with van der Waals surface area (Å²) in [4.78, 5) is 28.2. The molecule has 1 aliphatic carbocycles. The van der Waals surface area contributed by atoms with Crippen LogP contribution in [-0.2, 0) is 9.59 Å². The Morgan fingerprint density at radius 1 is 1.10 bits per heavy atom. The standard InChI is InChI=1S/C15H27N3O2/c1-15(2,3)14(20)18-8-4-7-17(9-10-18)11-13(19)16-12-5-6-12/h12H,4-11H2,1-3H3,(H,16,19). The van der Waals surface area contributed by atoms with E-state index in [2.05, 4.69) is 10.2 Å². The maximum Gasteiger partial charge on any atom is 0.234 e. The molecule has 1 aliphatic heterocycles. The highest BCUT2D eigenvalue weighted by Crippen LogP contribution is 2.19. The molecule has 0 spiro atoms. The molecule has 0 radical (unpaired) electrons. The SMILES string of the molecule is CC(C)(C)C(=O)N1CCCN(CC(=O)NC2CC2)CC1. The van der Waals surface area contributed by atoms with Gasteiger partial charge in [-0.3, -0.25) is 14.5 Å². The van der Waals surface area contributed by atoms with Crippen LogP contribution in [0.2, 0.25) is 0 Å². The predicted molar refractivity (Wildman–Crippen MR) is 78.3 cm³/mol. The van der Waals surface area contributed by atoms with Crippen LogP contribution in [0.5, 0.6) is 0 Å². The number of hydrogen-bond donors (Lipinski definition) is 1. The van der Waals surface area contributed by atoms with Gasteiger partial charge in [-0.25, -0.2) is 0 Å². The summed E-state index contributed by atoms with van der Waals surface area (Å²) in [7, 11) is 0. The first-order chi connectivity index (χ1) is 9.36. The zero-order valence-corrected chi connectivity index (χ0v) is 12.9. The van der Waals surface area contributed by atoms with Crippen molar-refractivity contribution >= 4 is 11.8 Å². The first kappa shape index (κ1) is 15.3. The Morgan fingerprint density at radius 3 is 2.40 bits per heavy atom. The molecular weight excluding hydrogens is 254 g/mol. The second kappa shape index (κ2) is 6.12. The van der Waals surface area contributed by atoms with Crippen molar-refractivity contribution < 1.29 is 9.59 Å². The van der Waals surface area contributed by atoms with Gasteiger partial charge >= 0.3 is 0 Å². The minimum Gasteiger partial charge on any atom is -0.352 e. The highest BCUT2D eigenvalue weighted by atomic mass is 16.2. The van der Waals surface area contributed by atoms with Crippen molar-refractivity contribution in [3.8, 4) is 0 Å². The van der Waals surface area contributed by atoms with Gasteiger partial charge in [-0.05, 0) is 19.3 Å². The number of amides is 2. The maximum atomic E-state index is 12.3. The first-order valence-electron chi connectivity index (χ1n) is 7.67. The molecule has 0 aromatic heterocycles. The molecule has 1 saturated carbocycles. The Kier molecular flexibility index (Phi) is 4.68. The van der Waals surface area contributed by atoms with Gasteiger partial charge in [0, 0.05) is 37.6 Å². The van der Waals surface area contributed by atoms with Crippen molar-refractivity contribution in [2.45, 2.75) is 46.1 Å². The molecule has 0 aromatic rings. The highest BCUT2D eigenvalue weighted by Gasteiger charge is 2.29. The minimum atomic E-state index is -0.321. The lowest BCUT2D eigenvalue weighted by molar-refractivity contribution is -0.139. The molecule has 5 heteroatoms. The molecule has 0 aromatic carbocycles. The number of nitrogens with one attached hydrogen (secondary N) is 1. The zero-order valence-electron chi connectivity index (χ0n) is 12.9. The van der Waals surface area contributed by atoms with E-state index in [1.165, 1.54) is 0 Å². The third kappa shape index (κ3) is 4.47. The number of hydrogen-bond acceptors (Lipinski definition) is 3. The molecule has 2 amide bonds. The Labute approximate surface area is 121 Å². The Bertz CT molecular complexity index is 372. The normalized spacial score (nSPS) is 21.4. The summed E-state index contributed by atoms with van der Waals surface area (Å²) in [6.07, 6.45) is 3.19. The third-order valence-corrected chi connectivity index (χ3v) is 3.83. The van der Waals surface area contributed by atoms with Gasteiger partial charge in [0.05, 0.1) is 6.54 Å². The van der Waals surface area contributed by atoms with E-state index in [-0.39, 0.29) is 17.2 Å². The monoisotopic (exact) mass is 281 g/mol. The summed E-state index contributed by atoms with van der Waals surface area (Å²) in [6, 6.07) is 0.424. The van der Waals surface area contributed by atoms with Crippen LogP contribution in [0.4, 0.5) is 0 Å². The summed E-state index contributed by atoms with van der Waals surface area (Å²) < 4.78 is 0. The van der Waals surface area contributed by atoms with E-state index in [1.54, 1.807) is 0 Å². The van der Waals surface area contributed by atoms with E-state index in [0.29, 0.717) is 12.6 Å². The average Bonchev–Trinajstić information content (AvgIpc) is 3.15. The molecule has 1 N–H and O–H groups in total. The van der Waals surface area contributed by atoms with Crippen LogP contribution in [-0.4, -0.2) is 60.4 Å². The van der Waals surface area contributed by atoms with E-state index < -0.39 is 0 Å². The van der Waals surface area contributed by atoms with Crippen molar-refractivity contribution in [3.63, 3.8) is 0 Å². The van der Waals surface area contributed by atoms with Crippen molar-refractivity contribution in [1.29, 1.82) is 0 Å². The molecule has 2 rings (SSSR count). The van der Waals surface area contributed by atoms with Crippen molar-refractivity contribution in [3.05, 3.63) is 0 Å². The number of rotatable bonds is 3. The second-order valence-corrected chi connectivity index (χ2v) is 7.01. The molecular formula is C15H27N3O2. The van der Waals surface area contributed by atoms with Crippen LogP contribution >= 0.6 is 0 Å². The van der Waals surface area contributed by atoms with E-state index in [4.69, 9.17) is 0 Å². The van der Waals surface area contributed by atoms with E-state index in [0.717, 1.165) is 45.4 Å². The molecule has 20 heavy (non-hydrogen) atoms. The number of nitrogens with zero attached hydrogens (tertiary/aromatic N) is 2. The lowest BCUT2D eigenvalue weighted by Gasteiger charge is -2.28. The van der Waals surface area contributed by atoms with Gasteiger partial charge in [0.2, 0.25) is 11.8 Å². The largest absolute Gasteiger partial charge is 0.352 e. The average molecular weight is 281 g/mol. The summed E-state index contributed by atoms with van der Waals surface area (Å²) in [5, 5.41) is 3.02. The van der Waals surface area contributed by atoms with Gasteiger partial charge < -0.3 is 10.2 Å². The Morgan fingerprint density at radius 2 is 1.80 bits per heavy atom. The highest BCUT2D eigenvalue weighted by molar-refractivity contribution is 5.81. The van der Waals surface area contributed by atoms with Gasteiger partial charge in [-0.2, -0.15) is 0 Å². The van der Waals surface area contributed by atoms with Crippen molar-refractivity contribution in [2.75, 3.05) is 32.7 Å². The fraction of sp³-hybridized carbons (Fsp3) is 0.867. The lowest BCUT2D eigenvalue weighted by Crippen LogP contribution is -2.43. The Hall–Kier alpha value is -1.10. The number of carbonyl (C=O) groups is 2. The van der Waals surface area contributed by atoms with Gasteiger partial charge in [0.25, 0.3) is 0 Å². The van der Waals surface area contributed by atoms with Crippen molar-refractivity contribution in [1.82, 2.24) is 15.1 Å². The molecule has 0 atom stereocenters. The topological polar surface area (TPSA) is 52.7 Å². The maximum absolute atomic E-state index is 12.3. The minimum absolute atomic E-state index is 0.128. The second-order valence-electron chi connectivity index (χ2n) is 7.01. The molecule has 1 saturated heterocycles. The molecule has 0 unspecified atom stereocenters. The van der Waals surface area contributed by atoms with Crippen molar-refractivity contribution in [2.24, 2.45) is 5.41 Å². The Balaban J connectivity index is 1.79. The van der Waals surface area contributed by atoms with Crippen LogP contribution in [0.3, 0.4) is 0 Å². The summed E-state index contributed by atoms with van der Waals surface area (Å²) in [5.41, 5.74) is -0.321. The zero-order chi connectivity index (χ0) is 14.8. The van der Waals surface area contributed by atoms with Crippen LogP contribution in [0.1, 0.15) is 40.0 Å². The van der Waals surface area contributed by atoms with Crippen LogP contribution in [0.25, 0.3) is 0 Å². The predicted octanol–water partition coefficient (Wildman–Crippen LogP) is 0.845. The molecule has 1 heterocycles. The summed E-state index contributed by atoms with van der Waals surface area (Å²) in [5.74, 6) is 0.338. The van der Waals surface area contributed by atoms with E-state index in [9.17, 15) is 9.59 Å². The van der Waals surface area contributed by atoms with Crippen LogP contribution < -0.4 is 5.32 Å². The first-order valence-corrected chi connectivity index (χ1v) is 7.67. The molecule has 114 valence electrons. The lowest BCUT2D eigenvalue weighted by atomic mass is 9.94. The van der Waals surface area contributed by atoms with Gasteiger partial charge in [-0.1, -0.05) is 20.8 Å². The molecule has 2 fully saturated rings. The van der Waals surface area contributed by atoms with Gasteiger partial charge in [-0.15, -0.1) is 0 Å². The summed E-state index contributed by atoms with van der Waals surface area (Å²) in [6.45, 7) is 9.56. The smallest absolute Gasteiger partial charge is 0.234 e. The van der Waals surface area contributed by atoms with E-state index in [1.807, 2.05) is 25.7 Å². The molecule has 2 aliphatic rings. The van der Waals surface area contributed by atoms with Gasteiger partial charge in [0.1, 0.15) is 0 Å². The fourth-order valence-electron chi connectivity index (χ4n) is 2.51. The van der Waals surface area contributed by atoms with Crippen LogP contribution in [0.15, 0.2) is 0 Å².